The highest BCUT2D eigenvalue weighted by Crippen LogP contribution is 2.39. The smallest absolute Gasteiger partial charge is 0.243 e. The van der Waals surface area contributed by atoms with Crippen LogP contribution in [0.5, 0.6) is 11.5 Å². The first kappa shape index (κ1) is 35.3. The lowest BCUT2D eigenvalue weighted by Crippen LogP contribution is -2.41. The minimum absolute atomic E-state index is 0.00836. The molecule has 1 fully saturated rings. The van der Waals surface area contributed by atoms with Gasteiger partial charge in [0.2, 0.25) is 11.8 Å². The van der Waals surface area contributed by atoms with Gasteiger partial charge in [0.15, 0.2) is 17.8 Å². The van der Waals surface area contributed by atoms with Crippen LogP contribution in [0.2, 0.25) is 0 Å². The summed E-state index contributed by atoms with van der Waals surface area (Å²) in [4.78, 5) is 25.8. The van der Waals surface area contributed by atoms with Crippen molar-refractivity contribution in [2.45, 2.75) is 83.1 Å². The van der Waals surface area contributed by atoms with Crippen LogP contribution in [0.25, 0.3) is 0 Å². The second-order valence-electron chi connectivity index (χ2n) is 12.4. The molecule has 5 rings (SSSR count). The van der Waals surface area contributed by atoms with E-state index < -0.39 is 12.2 Å². The molecule has 11 heteroatoms. The van der Waals surface area contributed by atoms with Crippen LogP contribution in [0.4, 0.5) is 0 Å². The van der Waals surface area contributed by atoms with Crippen LogP contribution < -0.4 is 20.3 Å². The maximum Gasteiger partial charge on any atom is 0.243 e. The Kier molecular flexibility index (Phi) is 12.8. The fourth-order valence-electron chi connectivity index (χ4n) is 6.30. The van der Waals surface area contributed by atoms with Crippen molar-refractivity contribution in [3.8, 4) is 11.5 Å². The summed E-state index contributed by atoms with van der Waals surface area (Å²) < 4.78 is 24.2. The molecule has 0 aliphatic carbocycles. The van der Waals surface area contributed by atoms with E-state index >= 15 is 0 Å². The Labute approximate surface area is 282 Å². The van der Waals surface area contributed by atoms with Gasteiger partial charge in [-0.1, -0.05) is 55.0 Å². The molecule has 0 unspecified atom stereocenters. The third-order valence-electron chi connectivity index (χ3n) is 9.05. The molecule has 2 aliphatic rings. The number of hydrogen-bond acceptors (Lipinski definition) is 9. The third kappa shape index (κ3) is 9.55. The van der Waals surface area contributed by atoms with Gasteiger partial charge in [-0.15, -0.1) is 0 Å². The quantitative estimate of drug-likeness (QED) is 0.102. The number of carbonyl (C=O) groups is 2. The SMILES string of the molecule is COc1cc2c(cc1OC)CN(C[C@H]1C[C@@H](c3ccc(CO)cc3)O[C@@H](c3ccc(CNC(=O)CCCCCC(=O)NO)cc3)O1)CC2. The highest BCUT2D eigenvalue weighted by atomic mass is 16.7. The lowest BCUT2D eigenvalue weighted by Gasteiger charge is -2.39. The number of methoxy groups -OCH3 is 2. The molecule has 3 atom stereocenters. The molecule has 258 valence electrons. The van der Waals surface area contributed by atoms with Gasteiger partial charge in [-0.2, -0.15) is 0 Å². The van der Waals surface area contributed by atoms with Crippen LogP contribution in [0, 0.1) is 0 Å². The summed E-state index contributed by atoms with van der Waals surface area (Å²) in [6.07, 6.45) is 3.45. The van der Waals surface area contributed by atoms with E-state index in [1.54, 1.807) is 19.7 Å². The van der Waals surface area contributed by atoms with Gasteiger partial charge in [-0.25, -0.2) is 5.48 Å². The van der Waals surface area contributed by atoms with Crippen molar-refractivity contribution in [3.05, 3.63) is 94.0 Å². The first-order chi connectivity index (χ1) is 23.4. The van der Waals surface area contributed by atoms with E-state index in [-0.39, 0.29) is 31.1 Å². The highest BCUT2D eigenvalue weighted by molar-refractivity contribution is 5.76. The number of nitrogens with zero attached hydrogens (tertiary/aromatic N) is 1. The number of benzene rings is 3. The topological polar surface area (TPSA) is 139 Å². The molecule has 3 aromatic rings. The van der Waals surface area contributed by atoms with Gasteiger partial charge in [0, 0.05) is 51.0 Å². The number of rotatable bonds is 15. The molecule has 2 aliphatic heterocycles. The van der Waals surface area contributed by atoms with Crippen molar-refractivity contribution >= 4 is 11.8 Å². The summed E-state index contributed by atoms with van der Waals surface area (Å²) in [5.41, 5.74) is 7.89. The molecule has 0 spiro atoms. The van der Waals surface area contributed by atoms with Crippen molar-refractivity contribution in [1.29, 1.82) is 0 Å². The Hall–Kier alpha value is -4.00. The maximum atomic E-state index is 12.3. The number of aliphatic hydroxyl groups excluding tert-OH is 1. The van der Waals surface area contributed by atoms with Gasteiger partial charge in [0.05, 0.1) is 33.0 Å². The van der Waals surface area contributed by atoms with Crippen LogP contribution >= 0.6 is 0 Å². The van der Waals surface area contributed by atoms with E-state index in [9.17, 15) is 14.7 Å². The second-order valence-corrected chi connectivity index (χ2v) is 12.4. The van der Waals surface area contributed by atoms with Crippen molar-refractivity contribution < 1.29 is 38.9 Å². The number of hydroxylamine groups is 1. The minimum atomic E-state index is -0.566. The van der Waals surface area contributed by atoms with E-state index in [1.807, 2.05) is 48.5 Å². The fourth-order valence-corrected chi connectivity index (χ4v) is 6.30. The van der Waals surface area contributed by atoms with E-state index in [2.05, 4.69) is 22.3 Å². The van der Waals surface area contributed by atoms with Crippen LogP contribution in [-0.2, 0) is 45.2 Å². The molecule has 0 radical (unpaired) electrons. The van der Waals surface area contributed by atoms with Crippen molar-refractivity contribution in [1.82, 2.24) is 15.7 Å². The van der Waals surface area contributed by atoms with Crippen LogP contribution in [0.1, 0.15) is 84.3 Å². The Morgan fingerprint density at radius 2 is 1.50 bits per heavy atom. The zero-order chi connectivity index (χ0) is 33.9. The predicted octanol–water partition coefficient (Wildman–Crippen LogP) is 4.87. The van der Waals surface area contributed by atoms with E-state index in [0.29, 0.717) is 32.2 Å². The van der Waals surface area contributed by atoms with E-state index in [1.165, 1.54) is 11.1 Å². The van der Waals surface area contributed by atoms with Crippen LogP contribution in [0.3, 0.4) is 0 Å². The van der Waals surface area contributed by atoms with Crippen LogP contribution in [-0.4, -0.2) is 60.4 Å². The zero-order valence-corrected chi connectivity index (χ0v) is 27.8. The second kappa shape index (κ2) is 17.4. The summed E-state index contributed by atoms with van der Waals surface area (Å²) in [5, 5.41) is 21.1. The van der Waals surface area contributed by atoms with Gasteiger partial charge >= 0.3 is 0 Å². The molecular weight excluding hydrogens is 614 g/mol. The molecule has 0 bridgehead atoms. The number of carbonyl (C=O) groups excluding carboxylic acids is 2. The summed E-state index contributed by atoms with van der Waals surface area (Å²) >= 11 is 0. The average molecular weight is 662 g/mol. The van der Waals surface area contributed by atoms with Gasteiger partial charge in [0.1, 0.15) is 0 Å². The number of unbranched alkanes of at least 4 members (excludes halogenated alkanes) is 2. The summed E-state index contributed by atoms with van der Waals surface area (Å²) in [6, 6.07) is 20.0. The first-order valence-corrected chi connectivity index (χ1v) is 16.6. The van der Waals surface area contributed by atoms with Gasteiger partial charge in [0.25, 0.3) is 0 Å². The molecule has 48 heavy (non-hydrogen) atoms. The van der Waals surface area contributed by atoms with Gasteiger partial charge in [-0.05, 0) is 59.2 Å². The Morgan fingerprint density at radius 1 is 0.854 bits per heavy atom. The highest BCUT2D eigenvalue weighted by Gasteiger charge is 2.34. The minimum Gasteiger partial charge on any atom is -0.493 e. The molecule has 4 N–H and O–H groups in total. The normalized spacial score (nSPS) is 19.3. The monoisotopic (exact) mass is 661 g/mol. The number of ether oxygens (including phenoxy) is 4. The standard InChI is InChI=1S/C37H47N3O8/c1-45-33-18-29-16-17-40(22-30(29)19-34(33)46-2)23-31-20-32(27-12-10-26(24-41)11-13-27)48-37(47-31)28-14-8-25(9-15-28)21-38-35(42)6-4-3-5-7-36(43)39-44/h8-15,18-19,31-32,37,41,44H,3-7,16-17,20-24H2,1-2H3,(H,38,42)(H,39,43)/t31-,32+,37+/m1/s1. The average Bonchev–Trinajstić information content (AvgIpc) is 3.13. The largest absolute Gasteiger partial charge is 0.493 e. The lowest BCUT2D eigenvalue weighted by atomic mass is 9.97. The van der Waals surface area contributed by atoms with E-state index in [0.717, 1.165) is 66.2 Å². The third-order valence-corrected chi connectivity index (χ3v) is 9.05. The molecular formula is C37H47N3O8. The number of nitrogens with one attached hydrogen (secondary N) is 2. The Bertz CT molecular complexity index is 1500. The molecule has 0 saturated carbocycles. The molecule has 1 saturated heterocycles. The van der Waals surface area contributed by atoms with Crippen LogP contribution in [0.15, 0.2) is 60.7 Å². The number of aliphatic hydroxyl groups is 1. The molecule has 11 nitrogen and oxygen atoms in total. The van der Waals surface area contributed by atoms with Gasteiger partial charge < -0.3 is 29.4 Å². The van der Waals surface area contributed by atoms with Crippen molar-refractivity contribution in [3.63, 3.8) is 0 Å². The number of hydrogen-bond donors (Lipinski definition) is 4. The molecule has 2 amide bonds. The van der Waals surface area contributed by atoms with Crippen molar-refractivity contribution in [2.24, 2.45) is 0 Å². The Morgan fingerprint density at radius 3 is 2.17 bits per heavy atom. The Balaban J connectivity index is 1.21. The fraction of sp³-hybridized carbons (Fsp3) is 0.459. The number of amides is 2. The predicted molar refractivity (Wildman–Crippen MR) is 178 cm³/mol. The lowest BCUT2D eigenvalue weighted by molar-refractivity contribution is -0.253. The van der Waals surface area contributed by atoms with E-state index in [4.69, 9.17) is 24.2 Å². The number of fused-ring (bicyclic) bond motifs is 1. The zero-order valence-electron chi connectivity index (χ0n) is 27.8. The molecule has 0 aromatic heterocycles. The summed E-state index contributed by atoms with van der Waals surface area (Å²) in [6.45, 7) is 2.85. The maximum absolute atomic E-state index is 12.3. The summed E-state index contributed by atoms with van der Waals surface area (Å²) in [5.74, 6) is 1.03. The first-order valence-electron chi connectivity index (χ1n) is 16.6. The summed E-state index contributed by atoms with van der Waals surface area (Å²) in [7, 11) is 3.32. The molecule has 3 aromatic carbocycles. The van der Waals surface area contributed by atoms with Crippen molar-refractivity contribution in [2.75, 3.05) is 27.3 Å². The molecule has 2 heterocycles. The van der Waals surface area contributed by atoms with Gasteiger partial charge in [-0.3, -0.25) is 19.7 Å².